The summed E-state index contributed by atoms with van der Waals surface area (Å²) in [7, 11) is 0. The van der Waals surface area contributed by atoms with Gasteiger partial charge in [0.25, 0.3) is 0 Å². The van der Waals surface area contributed by atoms with Crippen LogP contribution >= 0.6 is 22.7 Å². The van der Waals surface area contributed by atoms with Crippen LogP contribution in [0, 0.1) is 13.8 Å². The number of aryl methyl sites for hydroxylation is 2. The third-order valence-corrected chi connectivity index (χ3v) is 11.9. The van der Waals surface area contributed by atoms with E-state index in [1.807, 2.05) is 86.6 Å². The Balaban J connectivity index is 1.38. The lowest BCUT2D eigenvalue weighted by atomic mass is 9.95. The van der Waals surface area contributed by atoms with Crippen molar-refractivity contribution in [1.82, 2.24) is 0 Å². The molecule has 0 saturated carbocycles. The molecule has 8 aromatic rings. The van der Waals surface area contributed by atoms with Crippen LogP contribution in [0.3, 0.4) is 0 Å². The van der Waals surface area contributed by atoms with E-state index in [1.54, 1.807) is 12.1 Å². The van der Waals surface area contributed by atoms with Crippen LogP contribution in [0.25, 0.3) is 74.4 Å². The lowest BCUT2D eigenvalue weighted by Crippen LogP contribution is -2.48. The van der Waals surface area contributed by atoms with E-state index >= 15 is 26.3 Å². The van der Waals surface area contributed by atoms with E-state index in [4.69, 9.17) is 0 Å². The van der Waals surface area contributed by atoms with Crippen LogP contribution in [0.15, 0.2) is 97.1 Å². The molecule has 6 aromatic carbocycles. The average Bonchev–Trinajstić information content (AvgIpc) is 3.69. The van der Waals surface area contributed by atoms with E-state index in [0.717, 1.165) is 76.9 Å². The SMILES string of the molecule is Cc1cc2ccccc2c2c1ccc1sc(C3=C(c4cc5c(ccc6c(C)cc7ccccc7c65)s4)C(F)(F)C(F)(F)C3(F)F)cc12. The number of rotatable bonds is 2. The van der Waals surface area contributed by atoms with Crippen molar-refractivity contribution in [3.63, 3.8) is 0 Å². The molecule has 0 amide bonds. The second kappa shape index (κ2) is 9.36. The summed E-state index contributed by atoms with van der Waals surface area (Å²) in [5, 5.41) is 8.03. The second-order valence-corrected chi connectivity index (χ2v) is 14.5. The maximum atomic E-state index is 16.0. The Hall–Kier alpha value is -4.40. The second-order valence-electron chi connectivity index (χ2n) is 12.3. The van der Waals surface area contributed by atoms with Crippen LogP contribution in [0.5, 0.6) is 0 Å². The van der Waals surface area contributed by atoms with Gasteiger partial charge in [-0.15, -0.1) is 22.7 Å². The van der Waals surface area contributed by atoms with Gasteiger partial charge >= 0.3 is 17.8 Å². The van der Waals surface area contributed by atoms with Gasteiger partial charge in [0.2, 0.25) is 0 Å². The molecule has 0 aliphatic heterocycles. The zero-order valence-corrected chi connectivity index (χ0v) is 26.5. The summed E-state index contributed by atoms with van der Waals surface area (Å²) in [5.74, 6) is -15.9. The molecule has 8 heteroatoms. The molecule has 2 aromatic heterocycles. The third-order valence-electron chi connectivity index (χ3n) is 9.62. The van der Waals surface area contributed by atoms with Crippen LogP contribution < -0.4 is 0 Å². The molecule has 9 rings (SSSR count). The topological polar surface area (TPSA) is 0 Å². The van der Waals surface area contributed by atoms with Gasteiger partial charge < -0.3 is 0 Å². The third kappa shape index (κ3) is 3.65. The fourth-order valence-corrected chi connectivity index (χ4v) is 9.72. The smallest absolute Gasteiger partial charge is 0.194 e. The van der Waals surface area contributed by atoms with Crippen LogP contribution in [-0.4, -0.2) is 17.8 Å². The molecule has 0 unspecified atom stereocenters. The molecule has 0 fully saturated rings. The summed E-state index contributed by atoms with van der Waals surface area (Å²) < 4.78 is 95.7. The highest BCUT2D eigenvalue weighted by molar-refractivity contribution is 7.21. The number of alkyl halides is 6. The van der Waals surface area contributed by atoms with E-state index in [-0.39, 0.29) is 9.75 Å². The van der Waals surface area contributed by atoms with Gasteiger partial charge in [0.1, 0.15) is 0 Å². The fraction of sp³-hybridized carbons (Fsp3) is 0.128. The number of halogens is 6. The maximum absolute atomic E-state index is 16.0. The van der Waals surface area contributed by atoms with E-state index in [2.05, 4.69) is 0 Å². The summed E-state index contributed by atoms with van der Waals surface area (Å²) >= 11 is 1.68. The average molecular weight is 669 g/mol. The van der Waals surface area contributed by atoms with Crippen molar-refractivity contribution in [2.75, 3.05) is 0 Å². The molecule has 1 aliphatic rings. The van der Waals surface area contributed by atoms with Gasteiger partial charge in [-0.05, 0) is 92.3 Å². The van der Waals surface area contributed by atoms with Gasteiger partial charge in [0.15, 0.2) is 0 Å². The number of allylic oxidation sites excluding steroid dienone is 2. The molecule has 0 atom stereocenters. The minimum absolute atomic E-state index is 0.293. The normalized spacial score (nSPS) is 17.4. The number of benzene rings is 6. The summed E-state index contributed by atoms with van der Waals surface area (Å²) in [5.41, 5.74) is -0.707. The van der Waals surface area contributed by atoms with Crippen LogP contribution in [0.1, 0.15) is 20.9 Å². The summed E-state index contributed by atoms with van der Waals surface area (Å²) in [6.07, 6.45) is 0. The summed E-state index contributed by atoms with van der Waals surface area (Å²) in [4.78, 5) is -0.586. The molecular formula is C39H22F6S2. The van der Waals surface area contributed by atoms with Gasteiger partial charge in [0.05, 0.1) is 11.1 Å². The molecular weight excluding hydrogens is 647 g/mol. The Kier molecular flexibility index (Phi) is 5.73. The summed E-state index contributed by atoms with van der Waals surface area (Å²) in [6, 6.07) is 29.3. The molecule has 0 bridgehead atoms. The minimum atomic E-state index is -5.63. The number of hydrogen-bond acceptors (Lipinski definition) is 2. The zero-order chi connectivity index (χ0) is 32.6. The van der Waals surface area contributed by atoms with E-state index < -0.39 is 28.9 Å². The molecule has 232 valence electrons. The number of thiophene rings is 2. The van der Waals surface area contributed by atoms with Gasteiger partial charge in [-0.3, -0.25) is 0 Å². The van der Waals surface area contributed by atoms with Crippen molar-refractivity contribution in [2.45, 2.75) is 31.6 Å². The van der Waals surface area contributed by atoms with Gasteiger partial charge in [-0.25, -0.2) is 0 Å². The molecule has 0 radical (unpaired) electrons. The van der Waals surface area contributed by atoms with Crippen molar-refractivity contribution < 1.29 is 26.3 Å². The monoisotopic (exact) mass is 668 g/mol. The fourth-order valence-electron chi connectivity index (χ4n) is 7.41. The standard InChI is InChI=1S/C39H22F6S2/c1-19-15-21-7-3-5-9-25(21)33-23(19)11-13-29-27(33)17-31(46-29)35-36(38(42,43)39(44,45)37(35,40)41)32-18-28-30(47-32)14-12-24-20(2)16-22-8-4-6-10-26(22)34(24)28/h3-18H,1-2H3. The van der Waals surface area contributed by atoms with Gasteiger partial charge in [0, 0.05) is 29.9 Å². The Labute approximate surface area is 272 Å². The summed E-state index contributed by atoms with van der Waals surface area (Å²) in [6.45, 7) is 3.88. The highest BCUT2D eigenvalue weighted by Gasteiger charge is 2.80. The molecule has 0 spiro atoms. The minimum Gasteiger partial charge on any atom is -0.194 e. The van der Waals surface area contributed by atoms with Crippen molar-refractivity contribution in [1.29, 1.82) is 0 Å². The van der Waals surface area contributed by atoms with Crippen molar-refractivity contribution in [2.24, 2.45) is 0 Å². The number of hydrogen-bond donors (Lipinski definition) is 0. The molecule has 47 heavy (non-hydrogen) atoms. The predicted octanol–water partition coefficient (Wildman–Crippen LogP) is 13.2. The van der Waals surface area contributed by atoms with E-state index in [0.29, 0.717) is 20.2 Å². The Morgan fingerprint density at radius 1 is 0.447 bits per heavy atom. The molecule has 2 heterocycles. The molecule has 0 saturated heterocycles. The zero-order valence-electron chi connectivity index (χ0n) is 24.8. The van der Waals surface area contributed by atoms with E-state index in [9.17, 15) is 0 Å². The van der Waals surface area contributed by atoms with Gasteiger partial charge in [-0.1, -0.05) is 72.8 Å². The van der Waals surface area contributed by atoms with Gasteiger partial charge in [-0.2, -0.15) is 26.3 Å². The number of fused-ring (bicyclic) bond motifs is 10. The highest BCUT2D eigenvalue weighted by Crippen LogP contribution is 2.66. The first-order chi connectivity index (χ1) is 22.4. The lowest BCUT2D eigenvalue weighted by Gasteiger charge is -2.25. The quantitative estimate of drug-likeness (QED) is 0.127. The molecule has 1 aliphatic carbocycles. The Bertz CT molecular complexity index is 2510. The molecule has 0 N–H and O–H groups in total. The van der Waals surface area contributed by atoms with E-state index in [1.165, 1.54) is 12.1 Å². The van der Waals surface area contributed by atoms with Crippen molar-refractivity contribution in [3.05, 3.63) is 118 Å². The predicted molar refractivity (Wildman–Crippen MR) is 185 cm³/mol. The first-order valence-corrected chi connectivity index (χ1v) is 16.6. The highest BCUT2D eigenvalue weighted by atomic mass is 32.1. The van der Waals surface area contributed by atoms with Crippen molar-refractivity contribution in [3.8, 4) is 0 Å². The largest absolute Gasteiger partial charge is 0.380 e. The van der Waals surface area contributed by atoms with Crippen molar-refractivity contribution >= 4 is 97.1 Å². The van der Waals surface area contributed by atoms with Crippen LogP contribution in [0.2, 0.25) is 0 Å². The first kappa shape index (κ1) is 28.8. The Morgan fingerprint density at radius 2 is 0.851 bits per heavy atom. The maximum Gasteiger partial charge on any atom is 0.380 e. The van der Waals surface area contributed by atoms with Crippen LogP contribution in [0.4, 0.5) is 26.3 Å². The Morgan fingerprint density at radius 3 is 1.28 bits per heavy atom. The molecule has 0 nitrogen and oxygen atoms in total. The lowest BCUT2D eigenvalue weighted by molar-refractivity contribution is -0.254. The van der Waals surface area contributed by atoms with Crippen LogP contribution in [-0.2, 0) is 0 Å². The first-order valence-electron chi connectivity index (χ1n) is 15.0.